The number of carbonyl (C=O) groups is 1. The molecule has 0 aromatic heterocycles. The molecule has 0 saturated heterocycles. The Morgan fingerprint density at radius 1 is 1.18 bits per heavy atom. The SMILES string of the molecule is CCN(CC)c1ccc(/C=N\NC(=O)CCCNc2cccc(C)c2)c(O)c1. The smallest absolute Gasteiger partial charge is 0.240 e. The molecule has 28 heavy (non-hydrogen) atoms. The third kappa shape index (κ3) is 6.61. The molecule has 0 unspecified atom stereocenters. The summed E-state index contributed by atoms with van der Waals surface area (Å²) in [7, 11) is 0. The van der Waals surface area contributed by atoms with E-state index in [-0.39, 0.29) is 11.7 Å². The summed E-state index contributed by atoms with van der Waals surface area (Å²) in [6.07, 6.45) is 2.55. The highest BCUT2D eigenvalue weighted by atomic mass is 16.3. The maximum absolute atomic E-state index is 11.9. The zero-order chi connectivity index (χ0) is 20.4. The third-order valence-electron chi connectivity index (χ3n) is 4.46. The molecule has 2 aromatic carbocycles. The van der Waals surface area contributed by atoms with Crippen molar-refractivity contribution >= 4 is 23.5 Å². The molecule has 0 aliphatic carbocycles. The van der Waals surface area contributed by atoms with E-state index in [0.717, 1.165) is 24.5 Å². The fraction of sp³-hybridized carbons (Fsp3) is 0.364. The van der Waals surface area contributed by atoms with Gasteiger partial charge in [-0.3, -0.25) is 4.79 Å². The molecule has 0 fully saturated rings. The van der Waals surface area contributed by atoms with Gasteiger partial charge < -0.3 is 15.3 Å². The predicted octanol–water partition coefficient (Wildman–Crippen LogP) is 3.89. The van der Waals surface area contributed by atoms with E-state index in [1.54, 1.807) is 12.1 Å². The number of nitrogens with zero attached hydrogens (tertiary/aromatic N) is 2. The normalized spacial score (nSPS) is 10.8. The van der Waals surface area contributed by atoms with Crippen LogP contribution in [0.3, 0.4) is 0 Å². The molecule has 2 aromatic rings. The summed E-state index contributed by atoms with van der Waals surface area (Å²) in [5, 5.41) is 17.4. The van der Waals surface area contributed by atoms with Gasteiger partial charge in [0.2, 0.25) is 5.91 Å². The highest BCUT2D eigenvalue weighted by Gasteiger charge is 2.06. The number of hydrogen-bond acceptors (Lipinski definition) is 5. The van der Waals surface area contributed by atoms with Crippen molar-refractivity contribution in [2.75, 3.05) is 29.9 Å². The van der Waals surface area contributed by atoms with Gasteiger partial charge in [0.1, 0.15) is 5.75 Å². The highest BCUT2D eigenvalue weighted by Crippen LogP contribution is 2.23. The van der Waals surface area contributed by atoms with Crippen LogP contribution >= 0.6 is 0 Å². The number of nitrogens with one attached hydrogen (secondary N) is 2. The standard InChI is InChI=1S/C22H30N4O2/c1-4-26(5-2)20-12-11-18(21(27)15-20)16-24-25-22(28)10-7-13-23-19-9-6-8-17(3)14-19/h6,8-9,11-12,14-16,23,27H,4-5,7,10,13H2,1-3H3,(H,25,28)/b24-16-. The first-order valence-electron chi connectivity index (χ1n) is 9.73. The van der Waals surface area contributed by atoms with Crippen molar-refractivity contribution in [3.05, 3.63) is 53.6 Å². The Bertz CT molecular complexity index is 801. The number of rotatable bonds is 10. The molecule has 2 rings (SSSR count). The van der Waals surface area contributed by atoms with Crippen molar-refractivity contribution in [1.29, 1.82) is 0 Å². The van der Waals surface area contributed by atoms with Gasteiger partial charge in [-0.1, -0.05) is 12.1 Å². The topological polar surface area (TPSA) is 77.0 Å². The molecule has 0 atom stereocenters. The fourth-order valence-electron chi connectivity index (χ4n) is 2.89. The lowest BCUT2D eigenvalue weighted by Gasteiger charge is -2.21. The lowest BCUT2D eigenvalue weighted by Crippen LogP contribution is -2.21. The van der Waals surface area contributed by atoms with Crippen molar-refractivity contribution in [2.45, 2.75) is 33.6 Å². The number of aromatic hydroxyl groups is 1. The van der Waals surface area contributed by atoms with Gasteiger partial charge in [-0.2, -0.15) is 5.10 Å². The molecule has 6 heteroatoms. The number of phenols is 1. The Morgan fingerprint density at radius 3 is 2.64 bits per heavy atom. The summed E-state index contributed by atoms with van der Waals surface area (Å²) in [6, 6.07) is 13.6. The van der Waals surface area contributed by atoms with Crippen LogP contribution < -0.4 is 15.6 Å². The Balaban J connectivity index is 1.75. The molecule has 6 nitrogen and oxygen atoms in total. The summed E-state index contributed by atoms with van der Waals surface area (Å²) in [4.78, 5) is 14.0. The fourth-order valence-corrected chi connectivity index (χ4v) is 2.89. The summed E-state index contributed by atoms with van der Waals surface area (Å²) >= 11 is 0. The van der Waals surface area contributed by atoms with Crippen LogP contribution in [0.5, 0.6) is 5.75 Å². The molecule has 150 valence electrons. The second kappa shape index (κ2) is 11.0. The molecule has 3 N–H and O–H groups in total. The van der Waals surface area contributed by atoms with E-state index in [1.807, 2.05) is 31.2 Å². The van der Waals surface area contributed by atoms with E-state index in [1.165, 1.54) is 11.8 Å². The minimum absolute atomic E-state index is 0.143. The van der Waals surface area contributed by atoms with Crippen LogP contribution in [0.1, 0.15) is 37.8 Å². The predicted molar refractivity (Wildman–Crippen MR) is 116 cm³/mol. The van der Waals surface area contributed by atoms with Crippen molar-refractivity contribution in [3.63, 3.8) is 0 Å². The van der Waals surface area contributed by atoms with Crippen LogP contribution in [-0.2, 0) is 4.79 Å². The summed E-state index contributed by atoms with van der Waals surface area (Å²) in [5.41, 5.74) is 6.29. The van der Waals surface area contributed by atoms with E-state index in [2.05, 4.69) is 40.7 Å². The van der Waals surface area contributed by atoms with Gasteiger partial charge in [0.15, 0.2) is 0 Å². The van der Waals surface area contributed by atoms with Gasteiger partial charge in [-0.25, -0.2) is 5.43 Å². The van der Waals surface area contributed by atoms with Crippen LogP contribution in [0.2, 0.25) is 0 Å². The van der Waals surface area contributed by atoms with Crippen LogP contribution in [0.25, 0.3) is 0 Å². The first-order valence-corrected chi connectivity index (χ1v) is 9.73. The summed E-state index contributed by atoms with van der Waals surface area (Å²) in [5.74, 6) is -0.00806. The first kappa shape index (κ1) is 21.3. The largest absolute Gasteiger partial charge is 0.507 e. The summed E-state index contributed by atoms with van der Waals surface area (Å²) < 4.78 is 0. The van der Waals surface area contributed by atoms with Gasteiger partial charge in [-0.05, 0) is 57.0 Å². The molecule has 0 bridgehead atoms. The van der Waals surface area contributed by atoms with Crippen LogP contribution in [0.15, 0.2) is 47.6 Å². The van der Waals surface area contributed by atoms with Crippen LogP contribution in [-0.4, -0.2) is 36.9 Å². The lowest BCUT2D eigenvalue weighted by atomic mass is 10.2. The van der Waals surface area contributed by atoms with Gasteiger partial charge in [0, 0.05) is 49.1 Å². The number of phenolic OH excluding ortho intramolecular Hbond substituents is 1. The maximum atomic E-state index is 11.9. The molecule has 0 saturated carbocycles. The van der Waals surface area contributed by atoms with Crippen molar-refractivity contribution in [1.82, 2.24) is 5.43 Å². The number of hydrogen-bond donors (Lipinski definition) is 3. The lowest BCUT2D eigenvalue weighted by molar-refractivity contribution is -0.121. The van der Waals surface area contributed by atoms with Crippen LogP contribution in [0.4, 0.5) is 11.4 Å². The molecule has 0 aliphatic rings. The second-order valence-corrected chi connectivity index (χ2v) is 6.61. The number of hydrazone groups is 1. The number of carbonyl (C=O) groups excluding carboxylic acids is 1. The second-order valence-electron chi connectivity index (χ2n) is 6.61. The van der Waals surface area contributed by atoms with Gasteiger partial charge in [0.05, 0.1) is 6.21 Å². The van der Waals surface area contributed by atoms with Crippen molar-refractivity contribution in [3.8, 4) is 5.75 Å². The van der Waals surface area contributed by atoms with E-state index < -0.39 is 0 Å². The average molecular weight is 383 g/mol. The van der Waals surface area contributed by atoms with Gasteiger partial charge in [0.25, 0.3) is 0 Å². The molecule has 0 heterocycles. The number of anilines is 2. The minimum atomic E-state index is -0.151. The van der Waals surface area contributed by atoms with E-state index >= 15 is 0 Å². The van der Waals surface area contributed by atoms with Crippen molar-refractivity contribution < 1.29 is 9.90 Å². The Morgan fingerprint density at radius 2 is 1.96 bits per heavy atom. The molecule has 0 spiro atoms. The molecule has 0 aliphatic heterocycles. The maximum Gasteiger partial charge on any atom is 0.240 e. The highest BCUT2D eigenvalue weighted by molar-refractivity contribution is 5.86. The first-order chi connectivity index (χ1) is 13.5. The average Bonchev–Trinajstić information content (AvgIpc) is 2.68. The molecular weight excluding hydrogens is 352 g/mol. The summed E-state index contributed by atoms with van der Waals surface area (Å²) in [6.45, 7) is 8.65. The molecule has 0 radical (unpaired) electrons. The Hall–Kier alpha value is -3.02. The molecule has 1 amide bonds. The minimum Gasteiger partial charge on any atom is -0.507 e. The van der Waals surface area contributed by atoms with Gasteiger partial charge >= 0.3 is 0 Å². The number of benzene rings is 2. The monoisotopic (exact) mass is 382 g/mol. The van der Waals surface area contributed by atoms with E-state index in [9.17, 15) is 9.90 Å². The van der Waals surface area contributed by atoms with Gasteiger partial charge in [-0.15, -0.1) is 0 Å². The molecular formula is C22H30N4O2. The Labute approximate surface area is 167 Å². The van der Waals surface area contributed by atoms with Crippen molar-refractivity contribution in [2.24, 2.45) is 5.10 Å². The van der Waals surface area contributed by atoms with E-state index in [4.69, 9.17) is 0 Å². The zero-order valence-electron chi connectivity index (χ0n) is 16.9. The zero-order valence-corrected chi connectivity index (χ0v) is 16.9. The number of aryl methyl sites for hydroxylation is 1. The van der Waals surface area contributed by atoms with Crippen LogP contribution in [0, 0.1) is 6.92 Å². The van der Waals surface area contributed by atoms with E-state index in [0.29, 0.717) is 24.9 Å². The third-order valence-corrected chi connectivity index (χ3v) is 4.46. The number of amides is 1. The quantitative estimate of drug-likeness (QED) is 0.331. The Kier molecular flexibility index (Phi) is 8.34.